The number of nitrogens with zero attached hydrogens (tertiary/aromatic N) is 1. The van der Waals surface area contributed by atoms with Crippen molar-refractivity contribution in [3.05, 3.63) is 33.4 Å². The van der Waals surface area contributed by atoms with E-state index in [1.807, 2.05) is 0 Å². The summed E-state index contributed by atoms with van der Waals surface area (Å²) in [5.41, 5.74) is 0.359. The van der Waals surface area contributed by atoms with Crippen molar-refractivity contribution in [1.29, 1.82) is 0 Å². The molecule has 0 aliphatic carbocycles. The first-order chi connectivity index (χ1) is 8.52. The Bertz CT molecular complexity index is 611. The number of methoxy groups -OCH3 is 1. The zero-order valence-corrected chi connectivity index (χ0v) is 11.4. The number of benzene rings is 1. The lowest BCUT2D eigenvalue weighted by Gasteiger charge is -2.06. The van der Waals surface area contributed by atoms with Gasteiger partial charge in [-0.05, 0) is 22.0 Å². The van der Waals surface area contributed by atoms with Gasteiger partial charge in [-0.25, -0.2) is 4.79 Å². The van der Waals surface area contributed by atoms with Crippen LogP contribution in [-0.2, 0) is 0 Å². The Morgan fingerprint density at radius 1 is 1.50 bits per heavy atom. The van der Waals surface area contributed by atoms with Crippen molar-refractivity contribution in [2.75, 3.05) is 7.11 Å². The lowest BCUT2D eigenvalue weighted by molar-refractivity contribution is 0.0686. The molecule has 0 unspecified atom stereocenters. The summed E-state index contributed by atoms with van der Waals surface area (Å²) in [5, 5.41) is 12.6. The van der Waals surface area contributed by atoms with E-state index in [1.165, 1.54) is 13.2 Å². The van der Waals surface area contributed by atoms with E-state index in [9.17, 15) is 4.79 Å². The minimum absolute atomic E-state index is 0.173. The van der Waals surface area contributed by atoms with E-state index in [0.717, 1.165) is 0 Å². The molecule has 18 heavy (non-hydrogen) atoms. The van der Waals surface area contributed by atoms with Crippen LogP contribution in [0.3, 0.4) is 0 Å². The highest BCUT2D eigenvalue weighted by atomic mass is 79.9. The zero-order valence-electron chi connectivity index (χ0n) is 9.11. The van der Waals surface area contributed by atoms with Crippen LogP contribution in [0.2, 0.25) is 5.02 Å². The second kappa shape index (κ2) is 4.99. The fourth-order valence-corrected chi connectivity index (χ4v) is 2.13. The van der Waals surface area contributed by atoms with Gasteiger partial charge in [0.2, 0.25) is 0 Å². The van der Waals surface area contributed by atoms with Crippen molar-refractivity contribution < 1.29 is 19.2 Å². The van der Waals surface area contributed by atoms with Crippen LogP contribution < -0.4 is 4.74 Å². The van der Waals surface area contributed by atoms with Crippen LogP contribution in [0.5, 0.6) is 5.75 Å². The average molecular weight is 333 g/mol. The molecule has 1 N–H and O–H groups in total. The van der Waals surface area contributed by atoms with E-state index in [2.05, 4.69) is 21.1 Å². The maximum absolute atomic E-state index is 10.7. The Labute approximate surface area is 115 Å². The fraction of sp³-hybridized carbons (Fsp3) is 0.0909. The molecule has 7 heteroatoms. The average Bonchev–Trinajstić information content (AvgIpc) is 2.81. The molecule has 1 aromatic heterocycles. The molecule has 0 spiro atoms. The fourth-order valence-electron chi connectivity index (χ4n) is 1.38. The van der Waals surface area contributed by atoms with Crippen molar-refractivity contribution in [2.45, 2.75) is 0 Å². The molecule has 0 atom stereocenters. The van der Waals surface area contributed by atoms with Crippen LogP contribution in [0.4, 0.5) is 0 Å². The van der Waals surface area contributed by atoms with E-state index >= 15 is 0 Å². The number of carboxylic acids is 1. The van der Waals surface area contributed by atoms with E-state index in [-0.39, 0.29) is 11.5 Å². The molecule has 1 aromatic carbocycles. The maximum Gasteiger partial charge on any atom is 0.358 e. The first-order valence-corrected chi connectivity index (χ1v) is 5.93. The van der Waals surface area contributed by atoms with Gasteiger partial charge in [0.25, 0.3) is 0 Å². The standard InChI is InChI=1S/C11H7BrClNO4/c1-17-10-3-7(13)5(2-6(10)12)9-4-8(11(15)16)14-18-9/h2-4H,1H3,(H,15,16). The minimum Gasteiger partial charge on any atom is -0.496 e. The molecule has 2 rings (SSSR count). The number of hydrogen-bond acceptors (Lipinski definition) is 4. The smallest absolute Gasteiger partial charge is 0.358 e. The van der Waals surface area contributed by atoms with Crippen LogP contribution in [0, 0.1) is 0 Å². The highest BCUT2D eigenvalue weighted by Gasteiger charge is 2.16. The highest BCUT2D eigenvalue weighted by Crippen LogP contribution is 2.36. The molecule has 1 heterocycles. The van der Waals surface area contributed by atoms with Crippen LogP contribution in [0.15, 0.2) is 27.2 Å². The SMILES string of the molecule is COc1cc(Cl)c(-c2cc(C(=O)O)no2)cc1Br. The number of aromatic nitrogens is 1. The second-order valence-corrected chi connectivity index (χ2v) is 4.61. The van der Waals surface area contributed by atoms with Gasteiger partial charge in [0.1, 0.15) is 5.75 Å². The number of ether oxygens (including phenoxy) is 1. The number of rotatable bonds is 3. The quantitative estimate of drug-likeness (QED) is 0.932. The van der Waals surface area contributed by atoms with Gasteiger partial charge in [0.05, 0.1) is 16.6 Å². The lowest BCUT2D eigenvalue weighted by Crippen LogP contribution is -1.94. The molecule has 0 aliphatic heterocycles. The van der Waals surface area contributed by atoms with Gasteiger partial charge >= 0.3 is 5.97 Å². The molecule has 0 bridgehead atoms. The van der Waals surface area contributed by atoms with Crippen molar-refractivity contribution in [3.63, 3.8) is 0 Å². The molecular formula is C11H7BrClNO4. The van der Waals surface area contributed by atoms with Crippen molar-refractivity contribution in [3.8, 4) is 17.1 Å². The summed E-state index contributed by atoms with van der Waals surface area (Å²) < 4.78 is 10.7. The lowest BCUT2D eigenvalue weighted by atomic mass is 10.1. The minimum atomic E-state index is -1.16. The Morgan fingerprint density at radius 3 is 2.78 bits per heavy atom. The summed E-state index contributed by atoms with van der Waals surface area (Å²) in [4.78, 5) is 10.7. The zero-order chi connectivity index (χ0) is 13.3. The van der Waals surface area contributed by atoms with Crippen LogP contribution in [0.25, 0.3) is 11.3 Å². The molecule has 0 amide bonds. The Hall–Kier alpha value is -1.53. The summed E-state index contributed by atoms with van der Waals surface area (Å²) in [6.07, 6.45) is 0. The second-order valence-electron chi connectivity index (χ2n) is 3.35. The normalized spacial score (nSPS) is 10.4. The topological polar surface area (TPSA) is 72.6 Å². The molecule has 94 valence electrons. The van der Waals surface area contributed by atoms with Crippen LogP contribution in [-0.4, -0.2) is 23.3 Å². The molecule has 0 fully saturated rings. The van der Waals surface area contributed by atoms with Gasteiger partial charge in [0, 0.05) is 17.7 Å². The van der Waals surface area contributed by atoms with E-state index in [4.69, 9.17) is 26.0 Å². The number of carboxylic acid groups (broad SMARTS) is 1. The molecule has 5 nitrogen and oxygen atoms in total. The number of hydrogen-bond donors (Lipinski definition) is 1. The molecular weight excluding hydrogens is 325 g/mol. The summed E-state index contributed by atoms with van der Waals surface area (Å²) >= 11 is 9.38. The maximum atomic E-state index is 10.7. The monoisotopic (exact) mass is 331 g/mol. The molecule has 2 aromatic rings. The Morgan fingerprint density at radius 2 is 2.22 bits per heavy atom. The third kappa shape index (κ3) is 2.34. The first kappa shape index (κ1) is 12.9. The summed E-state index contributed by atoms with van der Waals surface area (Å²) in [7, 11) is 1.52. The predicted molar refractivity (Wildman–Crippen MR) is 68.2 cm³/mol. The Balaban J connectivity index is 2.50. The highest BCUT2D eigenvalue weighted by molar-refractivity contribution is 9.10. The van der Waals surface area contributed by atoms with Gasteiger partial charge in [-0.3, -0.25) is 0 Å². The number of halogens is 2. The predicted octanol–water partition coefficient (Wildman–Crippen LogP) is 3.46. The van der Waals surface area contributed by atoms with Crippen molar-refractivity contribution in [1.82, 2.24) is 5.16 Å². The van der Waals surface area contributed by atoms with Gasteiger partial charge in [-0.15, -0.1) is 0 Å². The van der Waals surface area contributed by atoms with E-state index in [0.29, 0.717) is 20.8 Å². The van der Waals surface area contributed by atoms with Gasteiger partial charge in [-0.2, -0.15) is 0 Å². The number of aromatic carboxylic acids is 1. The van der Waals surface area contributed by atoms with Crippen molar-refractivity contribution >= 4 is 33.5 Å². The summed E-state index contributed by atoms with van der Waals surface area (Å²) in [6, 6.07) is 4.58. The third-order valence-corrected chi connectivity index (χ3v) is 3.17. The van der Waals surface area contributed by atoms with Crippen LogP contribution >= 0.6 is 27.5 Å². The molecule has 0 saturated heterocycles. The van der Waals surface area contributed by atoms with E-state index in [1.54, 1.807) is 12.1 Å². The van der Waals surface area contributed by atoms with Gasteiger partial charge < -0.3 is 14.4 Å². The molecule has 0 saturated carbocycles. The van der Waals surface area contributed by atoms with Gasteiger partial charge in [-0.1, -0.05) is 16.8 Å². The molecule has 0 aliphatic rings. The van der Waals surface area contributed by atoms with E-state index < -0.39 is 5.97 Å². The molecule has 0 radical (unpaired) electrons. The first-order valence-electron chi connectivity index (χ1n) is 4.76. The largest absolute Gasteiger partial charge is 0.496 e. The summed E-state index contributed by atoms with van der Waals surface area (Å²) in [6.45, 7) is 0. The third-order valence-electron chi connectivity index (χ3n) is 2.24. The number of carbonyl (C=O) groups is 1. The summed E-state index contributed by atoms with van der Waals surface area (Å²) in [5.74, 6) is -0.309. The van der Waals surface area contributed by atoms with Crippen LogP contribution in [0.1, 0.15) is 10.5 Å². The Kier molecular flexibility index (Phi) is 3.58. The van der Waals surface area contributed by atoms with Crippen molar-refractivity contribution in [2.24, 2.45) is 0 Å². The van der Waals surface area contributed by atoms with Gasteiger partial charge in [0.15, 0.2) is 11.5 Å².